The molecule has 2 saturated heterocycles. The summed E-state index contributed by atoms with van der Waals surface area (Å²) in [5.41, 5.74) is 6.55. The standard InChI is InChI=1S/C18H25N5O3.ClH/c19-18(26)21-10-13-3-5-14(6-4-13)17(25)22-8-1-2-15(12-22)23-9-7-20-11-16(23)24;/h3-6,15,20H,1-2,7-12H2,(H3,19,21,26);1H. The van der Waals surface area contributed by atoms with E-state index in [9.17, 15) is 14.4 Å². The van der Waals surface area contributed by atoms with Gasteiger partial charge in [0.2, 0.25) is 5.91 Å². The van der Waals surface area contributed by atoms with Crippen LogP contribution < -0.4 is 16.4 Å². The highest BCUT2D eigenvalue weighted by Gasteiger charge is 2.31. The van der Waals surface area contributed by atoms with Crippen molar-refractivity contribution in [2.24, 2.45) is 5.73 Å². The van der Waals surface area contributed by atoms with Crippen LogP contribution in [-0.4, -0.2) is 66.4 Å². The van der Waals surface area contributed by atoms with E-state index >= 15 is 0 Å². The highest BCUT2D eigenvalue weighted by atomic mass is 35.5. The lowest BCUT2D eigenvalue weighted by Gasteiger charge is -2.41. The van der Waals surface area contributed by atoms with Gasteiger partial charge in [-0.25, -0.2) is 4.79 Å². The van der Waals surface area contributed by atoms with Crippen molar-refractivity contribution in [2.45, 2.75) is 25.4 Å². The molecule has 4 N–H and O–H groups in total. The number of benzene rings is 1. The van der Waals surface area contributed by atoms with Crippen molar-refractivity contribution >= 4 is 30.3 Å². The predicted octanol–water partition coefficient (Wildman–Crippen LogP) is 0.313. The number of nitrogens with one attached hydrogen (secondary N) is 2. The zero-order valence-corrected chi connectivity index (χ0v) is 16.0. The largest absolute Gasteiger partial charge is 0.352 e. The monoisotopic (exact) mass is 395 g/mol. The van der Waals surface area contributed by atoms with E-state index in [1.54, 1.807) is 12.1 Å². The van der Waals surface area contributed by atoms with E-state index in [4.69, 9.17) is 5.73 Å². The predicted molar refractivity (Wildman–Crippen MR) is 104 cm³/mol. The molecule has 1 aromatic rings. The molecule has 0 spiro atoms. The average molecular weight is 396 g/mol. The molecule has 3 rings (SSSR count). The summed E-state index contributed by atoms with van der Waals surface area (Å²) in [5.74, 6) is 0.0912. The molecule has 1 aromatic carbocycles. The molecule has 27 heavy (non-hydrogen) atoms. The number of piperazine rings is 1. The zero-order valence-electron chi connectivity index (χ0n) is 15.1. The molecule has 4 amide bonds. The van der Waals surface area contributed by atoms with Gasteiger partial charge in [0.1, 0.15) is 0 Å². The number of rotatable bonds is 4. The summed E-state index contributed by atoms with van der Waals surface area (Å²) in [6, 6.07) is 6.67. The first-order valence-electron chi connectivity index (χ1n) is 8.96. The van der Waals surface area contributed by atoms with Crippen LogP contribution in [0.5, 0.6) is 0 Å². The maximum absolute atomic E-state index is 12.8. The van der Waals surface area contributed by atoms with Crippen LogP contribution in [0.25, 0.3) is 0 Å². The molecular weight excluding hydrogens is 370 g/mol. The fraction of sp³-hybridized carbons (Fsp3) is 0.500. The van der Waals surface area contributed by atoms with E-state index < -0.39 is 6.03 Å². The van der Waals surface area contributed by atoms with Gasteiger partial charge in [0.25, 0.3) is 5.91 Å². The molecule has 0 bridgehead atoms. The minimum Gasteiger partial charge on any atom is -0.352 e. The zero-order chi connectivity index (χ0) is 18.5. The van der Waals surface area contributed by atoms with Crippen LogP contribution in [0.4, 0.5) is 4.79 Å². The Balaban J connectivity index is 0.00000261. The molecular formula is C18H26ClN5O3. The summed E-state index contributed by atoms with van der Waals surface area (Å²) in [6.45, 7) is 3.51. The second-order valence-corrected chi connectivity index (χ2v) is 6.73. The summed E-state index contributed by atoms with van der Waals surface area (Å²) in [7, 11) is 0. The van der Waals surface area contributed by atoms with Crippen molar-refractivity contribution in [3.63, 3.8) is 0 Å². The quantitative estimate of drug-likeness (QED) is 0.682. The van der Waals surface area contributed by atoms with E-state index in [-0.39, 0.29) is 30.3 Å². The van der Waals surface area contributed by atoms with Gasteiger partial charge in [-0.15, -0.1) is 12.4 Å². The number of halogens is 1. The summed E-state index contributed by atoms with van der Waals surface area (Å²) in [4.78, 5) is 39.4. The SMILES string of the molecule is Cl.NC(=O)NCc1ccc(C(=O)N2CCCC(N3CCNCC3=O)C2)cc1. The van der Waals surface area contributed by atoms with Gasteiger partial charge in [0.05, 0.1) is 6.54 Å². The molecule has 148 valence electrons. The smallest absolute Gasteiger partial charge is 0.312 e. The normalized spacial score (nSPS) is 20.0. The van der Waals surface area contributed by atoms with Crippen molar-refractivity contribution in [3.8, 4) is 0 Å². The number of piperidine rings is 1. The number of hydrogen-bond donors (Lipinski definition) is 3. The van der Waals surface area contributed by atoms with E-state index in [1.165, 1.54) is 0 Å². The van der Waals surface area contributed by atoms with Gasteiger partial charge in [-0.2, -0.15) is 0 Å². The molecule has 8 nitrogen and oxygen atoms in total. The van der Waals surface area contributed by atoms with E-state index in [2.05, 4.69) is 10.6 Å². The first-order valence-corrected chi connectivity index (χ1v) is 8.96. The Morgan fingerprint density at radius 2 is 1.96 bits per heavy atom. The number of hydrogen-bond acceptors (Lipinski definition) is 4. The summed E-state index contributed by atoms with van der Waals surface area (Å²) < 4.78 is 0. The maximum Gasteiger partial charge on any atom is 0.312 e. The third kappa shape index (κ3) is 5.33. The van der Waals surface area contributed by atoms with Crippen molar-refractivity contribution in [3.05, 3.63) is 35.4 Å². The first kappa shape index (κ1) is 21.0. The molecule has 2 aliphatic rings. The number of carbonyl (C=O) groups excluding carboxylic acids is 3. The Kier molecular flexibility index (Phi) is 7.44. The highest BCUT2D eigenvalue weighted by molar-refractivity contribution is 5.94. The molecule has 1 unspecified atom stereocenters. The van der Waals surface area contributed by atoms with Crippen LogP contribution in [-0.2, 0) is 11.3 Å². The van der Waals surface area contributed by atoms with Gasteiger partial charge in [-0.3, -0.25) is 9.59 Å². The van der Waals surface area contributed by atoms with Crippen LogP contribution in [0.15, 0.2) is 24.3 Å². The molecule has 0 aliphatic carbocycles. The Bertz CT molecular complexity index is 682. The maximum atomic E-state index is 12.8. The lowest BCUT2D eigenvalue weighted by atomic mass is 10.0. The second-order valence-electron chi connectivity index (χ2n) is 6.73. The van der Waals surface area contributed by atoms with Crippen LogP contribution in [0, 0.1) is 0 Å². The molecule has 2 fully saturated rings. The van der Waals surface area contributed by atoms with Crippen LogP contribution in [0.1, 0.15) is 28.8 Å². The Hall–Kier alpha value is -2.32. The van der Waals surface area contributed by atoms with Gasteiger partial charge in [0, 0.05) is 44.3 Å². The van der Waals surface area contributed by atoms with Crippen LogP contribution >= 0.6 is 12.4 Å². The highest BCUT2D eigenvalue weighted by Crippen LogP contribution is 2.19. The molecule has 0 aromatic heterocycles. The Morgan fingerprint density at radius 1 is 1.22 bits per heavy atom. The number of amides is 4. The minimum absolute atomic E-state index is 0. The van der Waals surface area contributed by atoms with Crippen LogP contribution in [0.2, 0.25) is 0 Å². The Morgan fingerprint density at radius 3 is 2.63 bits per heavy atom. The third-order valence-corrected chi connectivity index (χ3v) is 4.92. The van der Waals surface area contributed by atoms with Crippen molar-refractivity contribution in [1.29, 1.82) is 0 Å². The summed E-state index contributed by atoms with van der Waals surface area (Å²) in [5, 5.41) is 5.60. The van der Waals surface area contributed by atoms with Gasteiger partial charge in [0.15, 0.2) is 0 Å². The first-order chi connectivity index (χ1) is 12.5. The lowest BCUT2D eigenvalue weighted by molar-refractivity contribution is -0.135. The van der Waals surface area contributed by atoms with Gasteiger partial charge >= 0.3 is 6.03 Å². The topological polar surface area (TPSA) is 108 Å². The van der Waals surface area contributed by atoms with Crippen molar-refractivity contribution < 1.29 is 14.4 Å². The van der Waals surface area contributed by atoms with Crippen LogP contribution in [0.3, 0.4) is 0 Å². The van der Waals surface area contributed by atoms with E-state index in [0.717, 1.165) is 24.9 Å². The summed E-state index contributed by atoms with van der Waals surface area (Å²) >= 11 is 0. The number of carbonyl (C=O) groups is 3. The molecule has 0 radical (unpaired) electrons. The van der Waals surface area contributed by atoms with E-state index in [0.29, 0.717) is 38.3 Å². The minimum atomic E-state index is -0.577. The average Bonchev–Trinajstić information content (AvgIpc) is 2.66. The van der Waals surface area contributed by atoms with Gasteiger partial charge in [-0.05, 0) is 30.5 Å². The van der Waals surface area contributed by atoms with Gasteiger partial charge < -0.3 is 26.2 Å². The van der Waals surface area contributed by atoms with Gasteiger partial charge in [-0.1, -0.05) is 12.1 Å². The number of likely N-dealkylation sites (tertiary alicyclic amines) is 1. The molecule has 9 heteroatoms. The molecule has 2 heterocycles. The van der Waals surface area contributed by atoms with Crippen molar-refractivity contribution in [1.82, 2.24) is 20.4 Å². The Labute approximate surface area is 164 Å². The van der Waals surface area contributed by atoms with Crippen molar-refractivity contribution in [2.75, 3.05) is 32.7 Å². The lowest BCUT2D eigenvalue weighted by Crippen LogP contribution is -2.57. The number of nitrogens with two attached hydrogens (primary N) is 1. The fourth-order valence-corrected chi connectivity index (χ4v) is 3.54. The second kappa shape index (κ2) is 9.57. The molecule has 0 saturated carbocycles. The van der Waals surface area contributed by atoms with E-state index in [1.807, 2.05) is 21.9 Å². The fourth-order valence-electron chi connectivity index (χ4n) is 3.54. The number of primary amides is 1. The summed E-state index contributed by atoms with van der Waals surface area (Å²) in [6.07, 6.45) is 1.83. The number of urea groups is 1. The molecule has 2 aliphatic heterocycles. The molecule has 1 atom stereocenters. The third-order valence-electron chi connectivity index (χ3n) is 4.92. The number of nitrogens with zero attached hydrogens (tertiary/aromatic N) is 2.